The number of ether oxygens (including phenoxy) is 1. The number of aromatic hydroxyl groups is 1. The van der Waals surface area contributed by atoms with Gasteiger partial charge in [0.1, 0.15) is 11.4 Å². The van der Waals surface area contributed by atoms with Crippen LogP contribution in [-0.4, -0.2) is 12.2 Å². The van der Waals surface area contributed by atoms with Crippen molar-refractivity contribution in [2.45, 2.75) is 5.60 Å². The van der Waals surface area contributed by atoms with Gasteiger partial charge in [0.25, 0.3) is 0 Å². The van der Waals surface area contributed by atoms with Crippen LogP contribution in [0.5, 0.6) is 5.75 Å². The van der Waals surface area contributed by atoms with Gasteiger partial charge < -0.3 is 9.84 Å². The molecular formula is C20H18O2. The Morgan fingerprint density at radius 3 is 1.45 bits per heavy atom. The van der Waals surface area contributed by atoms with Crippen LogP contribution in [0.4, 0.5) is 0 Å². The molecular weight excluding hydrogens is 272 g/mol. The average molecular weight is 290 g/mol. The number of hydrogen-bond acceptors (Lipinski definition) is 2. The number of hydrogen-bond donors (Lipinski definition) is 1. The Labute approximate surface area is 130 Å². The Morgan fingerprint density at radius 1 is 0.636 bits per heavy atom. The molecule has 2 nitrogen and oxygen atoms in total. The van der Waals surface area contributed by atoms with Gasteiger partial charge in [0.2, 0.25) is 0 Å². The van der Waals surface area contributed by atoms with Gasteiger partial charge in [-0.1, -0.05) is 72.8 Å². The Kier molecular flexibility index (Phi) is 3.94. The Bertz CT molecular complexity index is 679. The molecule has 0 bridgehead atoms. The molecule has 110 valence electrons. The molecule has 0 aliphatic heterocycles. The summed E-state index contributed by atoms with van der Waals surface area (Å²) in [5, 5.41) is 9.60. The molecule has 0 aliphatic rings. The molecule has 0 radical (unpaired) electrons. The lowest BCUT2D eigenvalue weighted by Gasteiger charge is -2.34. The summed E-state index contributed by atoms with van der Waals surface area (Å²) < 4.78 is 6.05. The molecule has 0 amide bonds. The van der Waals surface area contributed by atoms with Crippen molar-refractivity contribution in [1.82, 2.24) is 0 Å². The highest BCUT2D eigenvalue weighted by molar-refractivity contribution is 5.48. The molecule has 0 atom stereocenters. The predicted molar refractivity (Wildman–Crippen MR) is 87.9 cm³/mol. The Hall–Kier alpha value is -2.58. The van der Waals surface area contributed by atoms with E-state index in [-0.39, 0.29) is 5.75 Å². The maximum atomic E-state index is 9.60. The number of rotatable bonds is 4. The van der Waals surface area contributed by atoms with E-state index in [0.29, 0.717) is 0 Å². The lowest BCUT2D eigenvalue weighted by Crippen LogP contribution is -2.31. The molecule has 0 spiro atoms. The van der Waals surface area contributed by atoms with Crippen LogP contribution in [0.2, 0.25) is 0 Å². The second kappa shape index (κ2) is 6.04. The van der Waals surface area contributed by atoms with Gasteiger partial charge in [0.05, 0.1) is 0 Å². The normalized spacial score (nSPS) is 11.3. The molecule has 0 saturated carbocycles. The number of phenolic OH excluding ortho intramolecular Hbond substituents is 1. The highest BCUT2D eigenvalue weighted by Crippen LogP contribution is 2.40. The molecule has 0 heterocycles. The van der Waals surface area contributed by atoms with Crippen LogP contribution < -0.4 is 0 Å². The van der Waals surface area contributed by atoms with Crippen LogP contribution in [0.3, 0.4) is 0 Å². The molecule has 3 rings (SSSR count). The molecule has 1 N–H and O–H groups in total. The second-order valence-corrected chi connectivity index (χ2v) is 5.16. The van der Waals surface area contributed by atoms with Crippen LogP contribution in [0.25, 0.3) is 0 Å². The Balaban J connectivity index is 2.28. The molecule has 22 heavy (non-hydrogen) atoms. The summed E-state index contributed by atoms with van der Waals surface area (Å²) in [7, 11) is 1.72. The van der Waals surface area contributed by atoms with Crippen LogP contribution in [-0.2, 0) is 10.3 Å². The van der Waals surface area contributed by atoms with Gasteiger partial charge in [-0.3, -0.25) is 0 Å². The fraction of sp³-hybridized carbons (Fsp3) is 0.100. The summed E-state index contributed by atoms with van der Waals surface area (Å²) in [5.74, 6) is 0.245. The molecule has 0 saturated heterocycles. The van der Waals surface area contributed by atoms with Crippen molar-refractivity contribution in [2.24, 2.45) is 0 Å². The SMILES string of the molecule is COC(c1ccccc1)(c1ccccc1)c1ccc(O)cc1. The van der Waals surface area contributed by atoms with E-state index in [1.807, 2.05) is 48.5 Å². The van der Waals surface area contributed by atoms with Gasteiger partial charge in [-0.15, -0.1) is 0 Å². The van der Waals surface area contributed by atoms with E-state index < -0.39 is 5.60 Å². The number of methoxy groups -OCH3 is 1. The van der Waals surface area contributed by atoms with Crippen molar-refractivity contribution in [1.29, 1.82) is 0 Å². The minimum absolute atomic E-state index is 0.245. The molecule has 3 aromatic rings. The topological polar surface area (TPSA) is 29.5 Å². The lowest BCUT2D eigenvalue weighted by molar-refractivity contribution is 0.0585. The van der Waals surface area contributed by atoms with Gasteiger partial charge in [-0.05, 0) is 28.8 Å². The van der Waals surface area contributed by atoms with Crippen LogP contribution in [0, 0.1) is 0 Å². The minimum Gasteiger partial charge on any atom is -0.508 e. The minimum atomic E-state index is -0.698. The third kappa shape index (κ3) is 2.38. The van der Waals surface area contributed by atoms with E-state index in [1.165, 1.54) is 0 Å². The maximum Gasteiger partial charge on any atom is 0.143 e. The third-order valence-electron chi connectivity index (χ3n) is 3.94. The van der Waals surface area contributed by atoms with Crippen LogP contribution in [0.1, 0.15) is 16.7 Å². The standard InChI is InChI=1S/C20H18O2/c1-22-20(16-8-4-2-5-9-16,17-10-6-3-7-11-17)18-12-14-19(21)15-13-18/h2-15,21H,1H3. The predicted octanol–water partition coefficient (Wildman–Crippen LogP) is 4.33. The van der Waals surface area contributed by atoms with Gasteiger partial charge in [0.15, 0.2) is 0 Å². The van der Waals surface area contributed by atoms with E-state index in [1.54, 1.807) is 19.2 Å². The maximum absolute atomic E-state index is 9.60. The average Bonchev–Trinajstić information content (AvgIpc) is 2.59. The van der Waals surface area contributed by atoms with Gasteiger partial charge in [-0.2, -0.15) is 0 Å². The summed E-state index contributed by atoms with van der Waals surface area (Å²) in [4.78, 5) is 0. The quantitative estimate of drug-likeness (QED) is 0.725. The van der Waals surface area contributed by atoms with Crippen molar-refractivity contribution in [3.8, 4) is 5.75 Å². The second-order valence-electron chi connectivity index (χ2n) is 5.16. The van der Waals surface area contributed by atoms with Gasteiger partial charge in [0, 0.05) is 7.11 Å². The summed E-state index contributed by atoms with van der Waals surface area (Å²) in [6.07, 6.45) is 0. The highest BCUT2D eigenvalue weighted by atomic mass is 16.5. The van der Waals surface area contributed by atoms with E-state index >= 15 is 0 Å². The summed E-state index contributed by atoms with van der Waals surface area (Å²) >= 11 is 0. The zero-order valence-corrected chi connectivity index (χ0v) is 12.4. The van der Waals surface area contributed by atoms with E-state index in [4.69, 9.17) is 4.74 Å². The summed E-state index contributed by atoms with van der Waals surface area (Å²) in [5.41, 5.74) is 2.38. The van der Waals surface area contributed by atoms with E-state index in [2.05, 4.69) is 24.3 Å². The first-order valence-corrected chi connectivity index (χ1v) is 7.23. The van der Waals surface area contributed by atoms with Crippen molar-refractivity contribution < 1.29 is 9.84 Å². The fourth-order valence-electron chi connectivity index (χ4n) is 2.90. The smallest absolute Gasteiger partial charge is 0.143 e. The van der Waals surface area contributed by atoms with Crippen molar-refractivity contribution in [3.05, 3.63) is 102 Å². The zero-order valence-electron chi connectivity index (χ0n) is 12.4. The largest absolute Gasteiger partial charge is 0.508 e. The molecule has 3 aromatic carbocycles. The zero-order chi connectivity index (χ0) is 15.4. The van der Waals surface area contributed by atoms with Gasteiger partial charge >= 0.3 is 0 Å². The van der Waals surface area contributed by atoms with Gasteiger partial charge in [-0.25, -0.2) is 0 Å². The van der Waals surface area contributed by atoms with Crippen LogP contribution >= 0.6 is 0 Å². The van der Waals surface area contributed by atoms with Crippen molar-refractivity contribution in [2.75, 3.05) is 7.11 Å². The van der Waals surface area contributed by atoms with E-state index in [9.17, 15) is 5.11 Å². The highest BCUT2D eigenvalue weighted by Gasteiger charge is 2.36. The first kappa shape index (κ1) is 14.4. The lowest BCUT2D eigenvalue weighted by atomic mass is 9.80. The summed E-state index contributed by atoms with van der Waals surface area (Å²) in [6.45, 7) is 0. The van der Waals surface area contributed by atoms with Crippen LogP contribution in [0.15, 0.2) is 84.9 Å². The molecule has 0 fully saturated rings. The first-order valence-electron chi connectivity index (χ1n) is 7.23. The first-order chi connectivity index (χ1) is 10.8. The fourth-order valence-corrected chi connectivity index (χ4v) is 2.90. The third-order valence-corrected chi connectivity index (χ3v) is 3.94. The molecule has 2 heteroatoms. The van der Waals surface area contributed by atoms with Crippen molar-refractivity contribution in [3.63, 3.8) is 0 Å². The number of benzene rings is 3. The Morgan fingerprint density at radius 2 is 1.05 bits per heavy atom. The van der Waals surface area contributed by atoms with Crippen molar-refractivity contribution >= 4 is 0 Å². The molecule has 0 aliphatic carbocycles. The summed E-state index contributed by atoms with van der Waals surface area (Å²) in [6, 6.07) is 27.4. The molecule has 0 unspecified atom stereocenters. The van der Waals surface area contributed by atoms with E-state index in [0.717, 1.165) is 16.7 Å². The number of phenols is 1. The monoisotopic (exact) mass is 290 g/mol. The molecule has 0 aromatic heterocycles.